The summed E-state index contributed by atoms with van der Waals surface area (Å²) in [5.41, 5.74) is 3.45. The van der Waals surface area contributed by atoms with E-state index < -0.39 is 0 Å². The number of hydrogen-bond acceptors (Lipinski definition) is 2. The number of hydrogen-bond donors (Lipinski definition) is 1. The van der Waals surface area contributed by atoms with Gasteiger partial charge in [0.05, 0.1) is 10.7 Å². The number of nitrogens with one attached hydrogen (secondary N) is 1. The van der Waals surface area contributed by atoms with Gasteiger partial charge in [0.1, 0.15) is 0 Å². The lowest BCUT2D eigenvalue weighted by Crippen LogP contribution is -2.52. The minimum Gasteiger partial charge on any atom is -0.367 e. The molecule has 0 saturated carbocycles. The lowest BCUT2D eigenvalue weighted by molar-refractivity contribution is 0.195. The Kier molecular flexibility index (Phi) is 5.12. The van der Waals surface area contributed by atoms with Crippen molar-refractivity contribution in [2.24, 2.45) is 0 Å². The van der Waals surface area contributed by atoms with Crippen molar-refractivity contribution in [3.8, 4) is 0 Å². The fourth-order valence-electron chi connectivity index (χ4n) is 2.71. The average molecular weight is 308 g/mol. The Morgan fingerprint density at radius 1 is 1.33 bits per heavy atom. The molecule has 1 aliphatic rings. The van der Waals surface area contributed by atoms with Crippen molar-refractivity contribution in [1.82, 2.24) is 10.2 Å². The van der Waals surface area contributed by atoms with Crippen LogP contribution in [0.3, 0.4) is 0 Å². The Labute approximate surface area is 131 Å². The molecule has 2 rings (SSSR count). The molecule has 4 nitrogen and oxygen atoms in total. The maximum absolute atomic E-state index is 11.9. The summed E-state index contributed by atoms with van der Waals surface area (Å²) in [5, 5.41) is 3.60. The molecule has 2 amide bonds. The van der Waals surface area contributed by atoms with Gasteiger partial charge in [0.25, 0.3) is 0 Å². The highest BCUT2D eigenvalue weighted by Crippen LogP contribution is 2.31. The molecule has 1 aliphatic heterocycles. The number of halogens is 1. The molecule has 0 atom stereocenters. The molecule has 1 fully saturated rings. The lowest BCUT2D eigenvalue weighted by Gasteiger charge is -2.37. The molecule has 1 aromatic carbocycles. The first-order valence-electron chi connectivity index (χ1n) is 7.18. The average Bonchev–Trinajstić information content (AvgIpc) is 2.44. The van der Waals surface area contributed by atoms with E-state index in [-0.39, 0.29) is 6.03 Å². The molecule has 1 N–H and O–H groups in total. The number of aryl methyl sites for hydroxylation is 2. The molecular formula is C16H22ClN3O. The van der Waals surface area contributed by atoms with Crippen molar-refractivity contribution in [3.05, 3.63) is 40.9 Å². The van der Waals surface area contributed by atoms with Gasteiger partial charge in [-0.05, 0) is 31.0 Å². The first-order chi connectivity index (χ1) is 10.0. The molecule has 0 bridgehead atoms. The van der Waals surface area contributed by atoms with Crippen LogP contribution in [-0.2, 0) is 0 Å². The molecule has 0 radical (unpaired) electrons. The first kappa shape index (κ1) is 15.7. The summed E-state index contributed by atoms with van der Waals surface area (Å²) < 4.78 is 0. The van der Waals surface area contributed by atoms with Crippen molar-refractivity contribution in [3.63, 3.8) is 0 Å². The molecule has 1 heterocycles. The van der Waals surface area contributed by atoms with E-state index in [4.69, 9.17) is 11.6 Å². The van der Waals surface area contributed by atoms with Crippen LogP contribution in [0.2, 0.25) is 5.02 Å². The van der Waals surface area contributed by atoms with Crippen molar-refractivity contribution in [2.45, 2.75) is 13.8 Å². The van der Waals surface area contributed by atoms with Gasteiger partial charge in [-0.3, -0.25) is 0 Å². The largest absolute Gasteiger partial charge is 0.367 e. The van der Waals surface area contributed by atoms with E-state index in [9.17, 15) is 4.79 Å². The SMILES string of the molecule is C=CCNC(=O)N1CCN(c2c(C)cc(C)cc2Cl)CC1. The third-order valence-corrected chi connectivity index (χ3v) is 3.97. The zero-order valence-electron chi connectivity index (χ0n) is 12.7. The van der Waals surface area contributed by atoms with Gasteiger partial charge in [-0.25, -0.2) is 4.79 Å². The fraction of sp³-hybridized carbons (Fsp3) is 0.438. The van der Waals surface area contributed by atoms with Gasteiger partial charge < -0.3 is 15.1 Å². The second-order valence-corrected chi connectivity index (χ2v) is 5.77. The van der Waals surface area contributed by atoms with E-state index in [0.29, 0.717) is 19.6 Å². The summed E-state index contributed by atoms with van der Waals surface area (Å²) in [5.74, 6) is 0. The van der Waals surface area contributed by atoms with Crippen LogP contribution in [0.25, 0.3) is 0 Å². The summed E-state index contributed by atoms with van der Waals surface area (Å²) in [6.07, 6.45) is 1.68. The molecule has 1 aromatic rings. The Morgan fingerprint density at radius 2 is 2.00 bits per heavy atom. The van der Waals surface area contributed by atoms with Gasteiger partial charge in [0, 0.05) is 32.7 Å². The van der Waals surface area contributed by atoms with Crippen LogP contribution in [-0.4, -0.2) is 43.7 Å². The van der Waals surface area contributed by atoms with Gasteiger partial charge in [-0.2, -0.15) is 0 Å². The topological polar surface area (TPSA) is 35.6 Å². The van der Waals surface area contributed by atoms with Crippen molar-refractivity contribution >= 4 is 23.3 Å². The molecule has 0 unspecified atom stereocenters. The van der Waals surface area contributed by atoms with E-state index in [1.807, 2.05) is 17.9 Å². The molecule has 1 saturated heterocycles. The number of amides is 2. The number of piperazine rings is 1. The molecule has 0 spiro atoms. The number of nitrogens with zero attached hydrogens (tertiary/aromatic N) is 2. The van der Waals surface area contributed by atoms with Gasteiger partial charge in [0.2, 0.25) is 0 Å². The van der Waals surface area contributed by atoms with Crippen molar-refractivity contribution in [1.29, 1.82) is 0 Å². The Morgan fingerprint density at radius 3 is 2.57 bits per heavy atom. The van der Waals surface area contributed by atoms with Crippen LogP contribution in [0.15, 0.2) is 24.8 Å². The van der Waals surface area contributed by atoms with Crippen LogP contribution >= 0.6 is 11.6 Å². The lowest BCUT2D eigenvalue weighted by atomic mass is 10.1. The van der Waals surface area contributed by atoms with E-state index >= 15 is 0 Å². The van der Waals surface area contributed by atoms with E-state index in [1.54, 1.807) is 6.08 Å². The Balaban J connectivity index is 2.01. The predicted molar refractivity (Wildman–Crippen MR) is 88.3 cm³/mol. The smallest absolute Gasteiger partial charge is 0.317 e. The molecule has 5 heteroatoms. The summed E-state index contributed by atoms with van der Waals surface area (Å²) >= 11 is 6.39. The van der Waals surface area contributed by atoms with Crippen LogP contribution in [0.4, 0.5) is 10.5 Å². The van der Waals surface area contributed by atoms with Crippen LogP contribution < -0.4 is 10.2 Å². The number of urea groups is 1. The van der Waals surface area contributed by atoms with Gasteiger partial charge >= 0.3 is 6.03 Å². The van der Waals surface area contributed by atoms with Crippen molar-refractivity contribution in [2.75, 3.05) is 37.6 Å². The summed E-state index contributed by atoms with van der Waals surface area (Å²) in [6, 6.07) is 4.11. The Hall–Kier alpha value is -1.68. The van der Waals surface area contributed by atoms with E-state index in [0.717, 1.165) is 23.8 Å². The first-order valence-corrected chi connectivity index (χ1v) is 7.56. The summed E-state index contributed by atoms with van der Waals surface area (Å²) in [6.45, 7) is 11.2. The third-order valence-electron chi connectivity index (χ3n) is 3.68. The number of carbonyl (C=O) groups excluding carboxylic acids is 1. The zero-order chi connectivity index (χ0) is 15.4. The minimum absolute atomic E-state index is 0.0266. The zero-order valence-corrected chi connectivity index (χ0v) is 13.4. The molecule has 21 heavy (non-hydrogen) atoms. The van der Waals surface area contributed by atoms with Gasteiger partial charge in [-0.1, -0.05) is 23.7 Å². The van der Waals surface area contributed by atoms with Crippen LogP contribution in [0.1, 0.15) is 11.1 Å². The van der Waals surface area contributed by atoms with Gasteiger partial charge in [0.15, 0.2) is 0 Å². The summed E-state index contributed by atoms with van der Waals surface area (Å²) in [4.78, 5) is 16.0. The summed E-state index contributed by atoms with van der Waals surface area (Å²) in [7, 11) is 0. The number of rotatable bonds is 3. The highest BCUT2D eigenvalue weighted by molar-refractivity contribution is 6.33. The fourth-order valence-corrected chi connectivity index (χ4v) is 3.15. The van der Waals surface area contributed by atoms with E-state index in [1.165, 1.54) is 11.1 Å². The highest BCUT2D eigenvalue weighted by atomic mass is 35.5. The number of benzene rings is 1. The maximum atomic E-state index is 11.9. The maximum Gasteiger partial charge on any atom is 0.317 e. The molecule has 0 aliphatic carbocycles. The quantitative estimate of drug-likeness (QED) is 0.871. The van der Waals surface area contributed by atoms with E-state index in [2.05, 4.69) is 29.8 Å². The van der Waals surface area contributed by atoms with Crippen LogP contribution in [0, 0.1) is 13.8 Å². The molecule has 0 aromatic heterocycles. The second-order valence-electron chi connectivity index (χ2n) is 5.36. The normalized spacial score (nSPS) is 15.0. The van der Waals surface area contributed by atoms with Crippen LogP contribution in [0.5, 0.6) is 0 Å². The number of anilines is 1. The standard InChI is InChI=1S/C16H22ClN3O/c1-4-5-18-16(21)20-8-6-19(7-9-20)15-13(3)10-12(2)11-14(15)17/h4,10-11H,1,5-9H2,2-3H3,(H,18,21). The number of carbonyl (C=O) groups is 1. The molecular weight excluding hydrogens is 286 g/mol. The highest BCUT2D eigenvalue weighted by Gasteiger charge is 2.23. The minimum atomic E-state index is -0.0266. The van der Waals surface area contributed by atoms with Crippen molar-refractivity contribution < 1.29 is 4.79 Å². The molecule has 114 valence electrons. The Bertz CT molecular complexity index is 513. The predicted octanol–water partition coefficient (Wildman–Crippen LogP) is 2.97. The third kappa shape index (κ3) is 3.70. The monoisotopic (exact) mass is 307 g/mol. The van der Waals surface area contributed by atoms with Gasteiger partial charge in [-0.15, -0.1) is 6.58 Å². The second kappa shape index (κ2) is 6.85.